The fourth-order valence-corrected chi connectivity index (χ4v) is 1.76. The van der Waals surface area contributed by atoms with Gasteiger partial charge in [-0.05, 0) is 36.8 Å². The van der Waals surface area contributed by atoms with Crippen LogP contribution in [0.2, 0.25) is 5.02 Å². The second-order valence-electron chi connectivity index (χ2n) is 3.92. The van der Waals surface area contributed by atoms with Crippen LogP contribution >= 0.6 is 11.6 Å². The molecule has 0 N–H and O–H groups in total. The zero-order valence-electron chi connectivity index (χ0n) is 10.3. The van der Waals surface area contributed by atoms with Gasteiger partial charge in [0.1, 0.15) is 0 Å². The van der Waals surface area contributed by atoms with Crippen molar-refractivity contribution in [2.24, 2.45) is 10.2 Å². The summed E-state index contributed by atoms with van der Waals surface area (Å²) in [6.45, 7) is 1.76. The molecule has 0 radical (unpaired) electrons. The molecule has 98 valence electrons. The first-order chi connectivity index (χ1) is 9.11. The number of halogens is 1. The summed E-state index contributed by atoms with van der Waals surface area (Å²) in [4.78, 5) is 0. The van der Waals surface area contributed by atoms with Gasteiger partial charge in [0.05, 0.1) is 11.4 Å². The molecule has 2 aromatic rings. The minimum absolute atomic E-state index is 0.173. The molecule has 0 saturated heterocycles. The topological polar surface area (TPSA) is 70.8 Å². The van der Waals surface area contributed by atoms with Gasteiger partial charge in [0.15, 0.2) is 0 Å². The molecule has 0 saturated carbocycles. The summed E-state index contributed by atoms with van der Waals surface area (Å²) in [5, 5.41) is 31.8. The van der Waals surface area contributed by atoms with Gasteiger partial charge in [-0.3, -0.25) is 0 Å². The molecule has 5 heteroatoms. The molecule has 19 heavy (non-hydrogen) atoms. The van der Waals surface area contributed by atoms with E-state index in [9.17, 15) is 10.2 Å². The Morgan fingerprint density at radius 1 is 1.00 bits per heavy atom. The lowest BCUT2D eigenvalue weighted by atomic mass is 10.1. The fourth-order valence-electron chi connectivity index (χ4n) is 1.63. The maximum Gasteiger partial charge on any atom is 0.0858 e. The number of hydrogen-bond acceptors (Lipinski definition) is 4. The normalized spacial score (nSPS) is 11.1. The number of benzene rings is 2. The Bertz CT molecular complexity index is 610. The van der Waals surface area contributed by atoms with Crippen molar-refractivity contribution in [2.75, 3.05) is 0 Å². The third-order valence-corrected chi connectivity index (χ3v) is 2.90. The first-order valence-corrected chi connectivity index (χ1v) is 6.17. The first-order valence-electron chi connectivity index (χ1n) is 5.79. The van der Waals surface area contributed by atoms with Crippen LogP contribution in [0.3, 0.4) is 0 Å². The van der Waals surface area contributed by atoms with Crippen molar-refractivity contribution >= 4 is 23.0 Å². The van der Waals surface area contributed by atoms with Crippen LogP contribution in [0.15, 0.2) is 46.6 Å². The lowest BCUT2D eigenvalue weighted by Gasteiger charge is -2.21. The number of nitrogens with zero attached hydrogens (tertiary/aromatic N) is 2. The van der Waals surface area contributed by atoms with Gasteiger partial charge in [0, 0.05) is 5.02 Å². The van der Waals surface area contributed by atoms with Gasteiger partial charge in [-0.1, -0.05) is 35.9 Å². The third-order valence-electron chi connectivity index (χ3n) is 2.65. The summed E-state index contributed by atoms with van der Waals surface area (Å²) in [5.74, 6) is -0.606. The quantitative estimate of drug-likeness (QED) is 0.804. The number of hydrogen-bond donors (Lipinski definition) is 0. The van der Waals surface area contributed by atoms with Gasteiger partial charge < -0.3 is 10.2 Å². The predicted molar refractivity (Wildman–Crippen MR) is 70.3 cm³/mol. The minimum Gasteiger partial charge on any atom is -0.872 e. The highest BCUT2D eigenvalue weighted by Crippen LogP contribution is 2.33. The smallest absolute Gasteiger partial charge is 0.0858 e. The number of rotatable bonds is 3. The summed E-state index contributed by atoms with van der Waals surface area (Å²) in [7, 11) is 0. The molecule has 0 unspecified atom stereocenters. The molecule has 0 spiro atoms. The van der Waals surface area contributed by atoms with Crippen LogP contribution in [0.5, 0.6) is 11.5 Å². The summed E-state index contributed by atoms with van der Waals surface area (Å²) in [5.41, 5.74) is 1.01. The van der Waals surface area contributed by atoms with E-state index in [0.29, 0.717) is 17.1 Å². The minimum atomic E-state index is -0.354. The Kier molecular flexibility index (Phi) is 4.02. The standard InChI is InChI=1S/C14H13ClN2O2/c1-2-11-13(18)8-7-12(14(11)19)17-16-10-5-3-9(15)4-6-10/h3-8,18-19H,2H2,1H3/p-2. The van der Waals surface area contributed by atoms with E-state index in [1.54, 1.807) is 31.2 Å². The first kappa shape index (κ1) is 13.4. The van der Waals surface area contributed by atoms with Crippen LogP contribution in [-0.2, 0) is 6.42 Å². The van der Waals surface area contributed by atoms with Crippen molar-refractivity contribution in [1.29, 1.82) is 0 Å². The van der Waals surface area contributed by atoms with Crippen LogP contribution in [-0.4, -0.2) is 0 Å². The zero-order valence-corrected chi connectivity index (χ0v) is 11.0. The summed E-state index contributed by atoms with van der Waals surface area (Å²) in [6.07, 6.45) is 0.391. The van der Waals surface area contributed by atoms with Crippen molar-refractivity contribution in [2.45, 2.75) is 13.3 Å². The van der Waals surface area contributed by atoms with Crippen LogP contribution < -0.4 is 10.2 Å². The van der Waals surface area contributed by atoms with Crippen LogP contribution in [0, 0.1) is 0 Å². The van der Waals surface area contributed by atoms with E-state index in [1.807, 2.05) is 0 Å². The van der Waals surface area contributed by atoms with Gasteiger partial charge in [-0.15, -0.1) is 5.75 Å². The maximum absolute atomic E-state index is 11.9. The highest BCUT2D eigenvalue weighted by molar-refractivity contribution is 6.30. The number of azo groups is 1. The summed E-state index contributed by atoms with van der Waals surface area (Å²) >= 11 is 5.75. The Morgan fingerprint density at radius 3 is 2.32 bits per heavy atom. The Labute approximate surface area is 116 Å². The van der Waals surface area contributed by atoms with Crippen LogP contribution in [0.1, 0.15) is 12.5 Å². The molecule has 0 heterocycles. The third kappa shape index (κ3) is 3.03. The second-order valence-corrected chi connectivity index (χ2v) is 4.36. The zero-order chi connectivity index (χ0) is 13.8. The van der Waals surface area contributed by atoms with Gasteiger partial charge >= 0.3 is 0 Å². The van der Waals surface area contributed by atoms with Gasteiger partial charge in [0.2, 0.25) is 0 Å². The molecular weight excluding hydrogens is 264 g/mol. The molecule has 4 nitrogen and oxygen atoms in total. The molecule has 2 aromatic carbocycles. The van der Waals surface area contributed by atoms with Crippen molar-refractivity contribution in [3.63, 3.8) is 0 Å². The molecule has 0 aliphatic carbocycles. The molecule has 0 fully saturated rings. The summed E-state index contributed by atoms with van der Waals surface area (Å²) in [6, 6.07) is 9.50. The average Bonchev–Trinajstić information content (AvgIpc) is 2.40. The van der Waals surface area contributed by atoms with Crippen LogP contribution in [0.4, 0.5) is 11.4 Å². The molecule has 0 aliphatic heterocycles. The lowest BCUT2D eigenvalue weighted by molar-refractivity contribution is -0.281. The van der Waals surface area contributed by atoms with Crippen molar-refractivity contribution in [3.8, 4) is 11.5 Å². The Hall–Kier alpha value is -2.07. The van der Waals surface area contributed by atoms with Gasteiger partial charge in [-0.25, -0.2) is 0 Å². The average molecular weight is 275 g/mol. The van der Waals surface area contributed by atoms with E-state index in [2.05, 4.69) is 10.2 Å². The molecule has 0 aromatic heterocycles. The largest absolute Gasteiger partial charge is 0.872 e. The SMILES string of the molecule is CCc1c([O-])ccc(N=Nc2ccc(Cl)cc2)c1[O-]. The molecule has 0 atom stereocenters. The van der Waals surface area contributed by atoms with Gasteiger partial charge in [-0.2, -0.15) is 10.2 Å². The second kappa shape index (κ2) is 5.71. The highest BCUT2D eigenvalue weighted by Gasteiger charge is 1.99. The molecule has 0 bridgehead atoms. The molecule has 0 amide bonds. The van der Waals surface area contributed by atoms with E-state index in [4.69, 9.17) is 11.6 Å². The molecule has 0 aliphatic rings. The maximum atomic E-state index is 11.9. The van der Waals surface area contributed by atoms with E-state index < -0.39 is 0 Å². The van der Waals surface area contributed by atoms with E-state index in [-0.39, 0.29) is 22.7 Å². The van der Waals surface area contributed by atoms with Gasteiger partial charge in [0.25, 0.3) is 0 Å². The van der Waals surface area contributed by atoms with E-state index in [1.165, 1.54) is 12.1 Å². The van der Waals surface area contributed by atoms with Crippen LogP contribution in [0.25, 0.3) is 0 Å². The Balaban J connectivity index is 2.31. The molecule has 2 rings (SSSR count). The van der Waals surface area contributed by atoms with Crippen molar-refractivity contribution in [3.05, 3.63) is 47.0 Å². The van der Waals surface area contributed by atoms with E-state index >= 15 is 0 Å². The molecular formula is C14H11ClN2O2-2. The van der Waals surface area contributed by atoms with Crippen molar-refractivity contribution < 1.29 is 10.2 Å². The Morgan fingerprint density at radius 2 is 1.68 bits per heavy atom. The fraction of sp³-hybridized carbons (Fsp3) is 0.143. The predicted octanol–water partition coefficient (Wildman–Crippen LogP) is 3.47. The highest BCUT2D eigenvalue weighted by atomic mass is 35.5. The lowest BCUT2D eigenvalue weighted by Crippen LogP contribution is -2.02. The van der Waals surface area contributed by atoms with Crippen molar-refractivity contribution in [1.82, 2.24) is 0 Å². The monoisotopic (exact) mass is 274 g/mol. The van der Waals surface area contributed by atoms with E-state index in [0.717, 1.165) is 0 Å². The summed E-state index contributed by atoms with van der Waals surface area (Å²) < 4.78 is 0.